The molecule has 5 heteroatoms. The van der Waals surface area contributed by atoms with E-state index in [9.17, 15) is 0 Å². The van der Waals surface area contributed by atoms with Gasteiger partial charge in [0, 0.05) is 22.5 Å². The number of anilines is 2. The second-order valence-electron chi connectivity index (χ2n) is 5.54. The minimum absolute atomic E-state index is 0.529. The SMILES string of the molecule is COc1c(C)cc(-c2ccnc(Nc3cccc(Cl)c3)n2)cc1C. The van der Waals surface area contributed by atoms with Crippen molar-refractivity contribution < 1.29 is 4.74 Å². The molecule has 0 unspecified atom stereocenters. The van der Waals surface area contributed by atoms with E-state index < -0.39 is 0 Å². The van der Waals surface area contributed by atoms with Crippen LogP contribution in [0.25, 0.3) is 11.3 Å². The maximum absolute atomic E-state index is 6.01. The summed E-state index contributed by atoms with van der Waals surface area (Å²) >= 11 is 6.01. The van der Waals surface area contributed by atoms with E-state index in [1.54, 1.807) is 13.3 Å². The summed E-state index contributed by atoms with van der Waals surface area (Å²) in [6, 6.07) is 13.5. The van der Waals surface area contributed by atoms with Crippen molar-refractivity contribution in [1.29, 1.82) is 0 Å². The van der Waals surface area contributed by atoms with Crippen LogP contribution in [0.4, 0.5) is 11.6 Å². The summed E-state index contributed by atoms with van der Waals surface area (Å²) in [6.07, 6.45) is 1.74. The molecule has 1 heterocycles. The first-order valence-corrected chi connectivity index (χ1v) is 7.96. The molecule has 0 bridgehead atoms. The number of aromatic nitrogens is 2. The van der Waals surface area contributed by atoms with E-state index in [-0.39, 0.29) is 0 Å². The number of benzene rings is 2. The molecular formula is C19H18ClN3O. The van der Waals surface area contributed by atoms with Crippen molar-refractivity contribution in [3.05, 3.63) is 64.8 Å². The van der Waals surface area contributed by atoms with Crippen molar-refractivity contribution in [2.24, 2.45) is 0 Å². The van der Waals surface area contributed by atoms with Gasteiger partial charge in [-0.1, -0.05) is 17.7 Å². The van der Waals surface area contributed by atoms with Crippen LogP contribution in [0.1, 0.15) is 11.1 Å². The molecule has 3 aromatic rings. The first-order valence-electron chi connectivity index (χ1n) is 7.58. The highest BCUT2D eigenvalue weighted by atomic mass is 35.5. The lowest BCUT2D eigenvalue weighted by Crippen LogP contribution is -1.98. The Morgan fingerprint density at radius 1 is 1.04 bits per heavy atom. The smallest absolute Gasteiger partial charge is 0.227 e. The van der Waals surface area contributed by atoms with Crippen LogP contribution in [0.3, 0.4) is 0 Å². The number of nitrogens with zero attached hydrogens (tertiary/aromatic N) is 2. The third-order valence-corrected chi connectivity index (χ3v) is 3.93. The molecule has 0 spiro atoms. The molecule has 0 amide bonds. The average molecular weight is 340 g/mol. The number of rotatable bonds is 4. The summed E-state index contributed by atoms with van der Waals surface area (Å²) in [7, 11) is 1.69. The Balaban J connectivity index is 1.93. The molecule has 0 fully saturated rings. The molecule has 4 nitrogen and oxygen atoms in total. The van der Waals surface area contributed by atoms with Crippen molar-refractivity contribution in [3.63, 3.8) is 0 Å². The second-order valence-corrected chi connectivity index (χ2v) is 5.98. The Morgan fingerprint density at radius 3 is 2.46 bits per heavy atom. The first kappa shape index (κ1) is 16.3. The fraction of sp³-hybridized carbons (Fsp3) is 0.158. The highest BCUT2D eigenvalue weighted by Crippen LogP contribution is 2.29. The molecule has 0 radical (unpaired) electrons. The number of hydrogen-bond acceptors (Lipinski definition) is 4. The third kappa shape index (κ3) is 3.49. The van der Waals surface area contributed by atoms with Crippen LogP contribution in [0, 0.1) is 13.8 Å². The molecule has 2 aromatic carbocycles. The number of hydrogen-bond donors (Lipinski definition) is 1. The van der Waals surface area contributed by atoms with Crippen molar-refractivity contribution in [1.82, 2.24) is 9.97 Å². The maximum Gasteiger partial charge on any atom is 0.227 e. The molecule has 0 saturated carbocycles. The fourth-order valence-corrected chi connectivity index (χ4v) is 2.89. The fourth-order valence-electron chi connectivity index (χ4n) is 2.70. The normalized spacial score (nSPS) is 10.5. The highest BCUT2D eigenvalue weighted by Gasteiger charge is 2.09. The van der Waals surface area contributed by atoms with Gasteiger partial charge >= 0.3 is 0 Å². The number of ether oxygens (including phenoxy) is 1. The van der Waals surface area contributed by atoms with Crippen LogP contribution in [-0.2, 0) is 0 Å². The van der Waals surface area contributed by atoms with E-state index in [2.05, 4.69) is 27.4 Å². The van der Waals surface area contributed by atoms with Crippen LogP contribution in [-0.4, -0.2) is 17.1 Å². The number of methoxy groups -OCH3 is 1. The summed E-state index contributed by atoms with van der Waals surface area (Å²) in [5.74, 6) is 1.44. The zero-order valence-corrected chi connectivity index (χ0v) is 14.6. The van der Waals surface area contributed by atoms with Crippen LogP contribution >= 0.6 is 11.6 Å². The monoisotopic (exact) mass is 339 g/mol. The number of nitrogens with one attached hydrogen (secondary N) is 1. The Kier molecular flexibility index (Phi) is 4.67. The Labute approximate surface area is 146 Å². The lowest BCUT2D eigenvalue weighted by molar-refractivity contribution is 0.408. The number of halogens is 1. The summed E-state index contributed by atoms with van der Waals surface area (Å²) in [5, 5.41) is 3.84. The first-order chi connectivity index (χ1) is 11.6. The van der Waals surface area contributed by atoms with Crippen molar-refractivity contribution in [2.45, 2.75) is 13.8 Å². The maximum atomic E-state index is 6.01. The lowest BCUT2D eigenvalue weighted by atomic mass is 10.0. The highest BCUT2D eigenvalue weighted by molar-refractivity contribution is 6.30. The third-order valence-electron chi connectivity index (χ3n) is 3.70. The van der Waals surface area contributed by atoms with E-state index in [1.807, 2.05) is 44.2 Å². The minimum Gasteiger partial charge on any atom is -0.496 e. The van der Waals surface area contributed by atoms with E-state index in [4.69, 9.17) is 16.3 Å². The van der Waals surface area contributed by atoms with Gasteiger partial charge in [0.05, 0.1) is 12.8 Å². The summed E-state index contributed by atoms with van der Waals surface area (Å²) in [6.45, 7) is 4.06. The zero-order valence-electron chi connectivity index (χ0n) is 13.8. The molecule has 0 saturated heterocycles. The van der Waals surface area contributed by atoms with E-state index in [0.717, 1.165) is 33.8 Å². The van der Waals surface area contributed by atoms with Crippen molar-refractivity contribution >= 4 is 23.2 Å². The molecule has 0 atom stereocenters. The Hall–Kier alpha value is -2.59. The molecule has 0 aliphatic carbocycles. The predicted octanol–water partition coefficient (Wildman–Crippen LogP) is 5.17. The van der Waals surface area contributed by atoms with Crippen molar-refractivity contribution in [2.75, 3.05) is 12.4 Å². The molecule has 0 aliphatic rings. The summed E-state index contributed by atoms with van der Waals surface area (Å²) in [5.41, 5.74) is 4.89. The van der Waals surface area contributed by atoms with Gasteiger partial charge in [-0.3, -0.25) is 0 Å². The van der Waals surface area contributed by atoms with Crippen LogP contribution in [0.2, 0.25) is 5.02 Å². The van der Waals surface area contributed by atoms with Gasteiger partial charge in [0.1, 0.15) is 5.75 Å². The van der Waals surface area contributed by atoms with Gasteiger partial charge in [-0.2, -0.15) is 0 Å². The van der Waals surface area contributed by atoms with Gasteiger partial charge in [0.2, 0.25) is 5.95 Å². The van der Waals surface area contributed by atoms with Gasteiger partial charge in [-0.25, -0.2) is 9.97 Å². The Bertz CT molecular complexity index is 857. The van der Waals surface area contributed by atoms with Crippen LogP contribution < -0.4 is 10.1 Å². The van der Waals surface area contributed by atoms with E-state index in [0.29, 0.717) is 11.0 Å². The summed E-state index contributed by atoms with van der Waals surface area (Å²) in [4.78, 5) is 8.88. The van der Waals surface area contributed by atoms with Crippen LogP contribution in [0.15, 0.2) is 48.7 Å². The minimum atomic E-state index is 0.529. The molecule has 1 N–H and O–H groups in total. The van der Waals surface area contributed by atoms with Gasteiger partial charge in [-0.15, -0.1) is 0 Å². The molecular weight excluding hydrogens is 322 g/mol. The number of aryl methyl sites for hydroxylation is 2. The molecule has 24 heavy (non-hydrogen) atoms. The average Bonchev–Trinajstić information content (AvgIpc) is 2.55. The van der Waals surface area contributed by atoms with Crippen LogP contribution in [0.5, 0.6) is 5.75 Å². The second kappa shape index (κ2) is 6.89. The van der Waals surface area contributed by atoms with Gasteiger partial charge < -0.3 is 10.1 Å². The lowest BCUT2D eigenvalue weighted by Gasteiger charge is -2.12. The molecule has 3 rings (SSSR count). The van der Waals surface area contributed by atoms with Gasteiger partial charge in [0.15, 0.2) is 0 Å². The predicted molar refractivity (Wildman–Crippen MR) is 98.2 cm³/mol. The zero-order chi connectivity index (χ0) is 17.1. The standard InChI is InChI=1S/C19H18ClN3O/c1-12-9-14(10-13(2)18(12)24-3)17-7-8-21-19(23-17)22-16-6-4-5-15(20)11-16/h4-11H,1-3H3,(H,21,22,23). The van der Waals surface area contributed by atoms with E-state index >= 15 is 0 Å². The largest absolute Gasteiger partial charge is 0.496 e. The topological polar surface area (TPSA) is 47.0 Å². The van der Waals surface area contributed by atoms with Crippen molar-refractivity contribution in [3.8, 4) is 17.0 Å². The molecule has 1 aromatic heterocycles. The Morgan fingerprint density at radius 2 is 1.79 bits per heavy atom. The van der Waals surface area contributed by atoms with Gasteiger partial charge in [-0.05, 0) is 61.4 Å². The van der Waals surface area contributed by atoms with Gasteiger partial charge in [0.25, 0.3) is 0 Å². The molecule has 122 valence electrons. The molecule has 0 aliphatic heterocycles. The summed E-state index contributed by atoms with van der Waals surface area (Å²) < 4.78 is 5.42. The van der Waals surface area contributed by atoms with E-state index in [1.165, 1.54) is 0 Å². The quantitative estimate of drug-likeness (QED) is 0.712.